The van der Waals surface area contributed by atoms with Gasteiger partial charge < -0.3 is 0 Å². The number of unbranched alkanes of at least 4 members (excludes halogenated alkanes) is 12. The van der Waals surface area contributed by atoms with Crippen molar-refractivity contribution in [2.45, 2.75) is 104 Å². The topological polar surface area (TPSA) is 38.0 Å². The highest BCUT2D eigenvalue weighted by Gasteiger charge is 1.95. The molecule has 20 heavy (non-hydrogen) atoms. The Labute approximate surface area is 128 Å². The van der Waals surface area contributed by atoms with E-state index >= 15 is 0 Å². The SMILES string of the molecule is CC(C)CCCCCCCCCCCCCCCNN. The van der Waals surface area contributed by atoms with Crippen LogP contribution in [-0.2, 0) is 0 Å². The predicted octanol–water partition coefficient (Wildman–Crippen LogP) is 5.57. The van der Waals surface area contributed by atoms with Gasteiger partial charge in [-0.25, -0.2) is 0 Å². The van der Waals surface area contributed by atoms with Crippen molar-refractivity contribution in [3.63, 3.8) is 0 Å². The van der Waals surface area contributed by atoms with Crippen LogP contribution in [0.3, 0.4) is 0 Å². The first-order valence-electron chi connectivity index (χ1n) is 9.21. The van der Waals surface area contributed by atoms with E-state index in [1.54, 1.807) is 0 Å². The van der Waals surface area contributed by atoms with Crippen LogP contribution in [0.1, 0.15) is 104 Å². The number of nitrogens with two attached hydrogens (primary N) is 1. The molecule has 0 aromatic carbocycles. The summed E-state index contributed by atoms with van der Waals surface area (Å²) in [6, 6.07) is 0. The third-order valence-corrected chi connectivity index (χ3v) is 4.10. The van der Waals surface area contributed by atoms with E-state index in [1.807, 2.05) is 0 Å². The van der Waals surface area contributed by atoms with Gasteiger partial charge in [-0.3, -0.25) is 11.3 Å². The summed E-state index contributed by atoms with van der Waals surface area (Å²) in [6.45, 7) is 5.63. The second-order valence-electron chi connectivity index (χ2n) is 6.73. The lowest BCUT2D eigenvalue weighted by molar-refractivity contribution is 0.502. The molecule has 2 heteroatoms. The van der Waals surface area contributed by atoms with E-state index in [2.05, 4.69) is 19.3 Å². The molecule has 0 unspecified atom stereocenters. The highest BCUT2D eigenvalue weighted by atomic mass is 15.2. The van der Waals surface area contributed by atoms with E-state index in [9.17, 15) is 0 Å². The van der Waals surface area contributed by atoms with Crippen LogP contribution in [0.5, 0.6) is 0 Å². The molecule has 0 radical (unpaired) electrons. The number of nitrogens with one attached hydrogen (secondary N) is 1. The largest absolute Gasteiger partial charge is 0.271 e. The van der Waals surface area contributed by atoms with Crippen LogP contribution in [0.25, 0.3) is 0 Å². The summed E-state index contributed by atoms with van der Waals surface area (Å²) in [4.78, 5) is 0. The molecule has 0 aromatic rings. The van der Waals surface area contributed by atoms with Crippen molar-refractivity contribution in [3.8, 4) is 0 Å². The number of hydrazine groups is 1. The molecule has 0 rings (SSSR count). The Morgan fingerprint density at radius 1 is 0.600 bits per heavy atom. The summed E-state index contributed by atoms with van der Waals surface area (Å²) in [5, 5.41) is 0. The van der Waals surface area contributed by atoms with Gasteiger partial charge in [-0.1, -0.05) is 97.3 Å². The maximum Gasteiger partial charge on any atom is 0.00974 e. The number of rotatable bonds is 16. The van der Waals surface area contributed by atoms with Gasteiger partial charge in [0.25, 0.3) is 0 Å². The van der Waals surface area contributed by atoms with Crippen molar-refractivity contribution in [1.82, 2.24) is 5.43 Å². The van der Waals surface area contributed by atoms with Crippen LogP contribution < -0.4 is 11.3 Å². The molecule has 0 aromatic heterocycles. The molecule has 0 aliphatic heterocycles. The van der Waals surface area contributed by atoms with Gasteiger partial charge in [0, 0.05) is 6.54 Å². The Hall–Kier alpha value is -0.0800. The maximum atomic E-state index is 5.24. The third kappa shape index (κ3) is 17.9. The second kappa shape index (κ2) is 17.0. The van der Waals surface area contributed by atoms with Gasteiger partial charge in [0.05, 0.1) is 0 Å². The zero-order valence-corrected chi connectivity index (χ0v) is 14.3. The lowest BCUT2D eigenvalue weighted by Gasteiger charge is -2.05. The molecule has 0 spiro atoms. The Morgan fingerprint density at radius 3 is 1.30 bits per heavy atom. The first-order chi connectivity index (χ1) is 9.77. The van der Waals surface area contributed by atoms with E-state index in [1.165, 1.54) is 89.9 Å². The molecule has 0 fully saturated rings. The van der Waals surface area contributed by atoms with Crippen molar-refractivity contribution in [2.75, 3.05) is 6.54 Å². The van der Waals surface area contributed by atoms with Crippen LogP contribution in [0.4, 0.5) is 0 Å². The van der Waals surface area contributed by atoms with E-state index in [-0.39, 0.29) is 0 Å². The van der Waals surface area contributed by atoms with Crippen molar-refractivity contribution >= 4 is 0 Å². The van der Waals surface area contributed by atoms with E-state index in [4.69, 9.17) is 5.84 Å². The summed E-state index contributed by atoms with van der Waals surface area (Å²) in [5.74, 6) is 6.13. The van der Waals surface area contributed by atoms with Crippen LogP contribution in [0, 0.1) is 5.92 Å². The van der Waals surface area contributed by atoms with E-state index in [0.717, 1.165) is 12.5 Å². The zero-order chi connectivity index (χ0) is 14.9. The van der Waals surface area contributed by atoms with Crippen LogP contribution in [0.15, 0.2) is 0 Å². The maximum absolute atomic E-state index is 5.24. The average molecular weight is 285 g/mol. The molecule has 0 aliphatic rings. The van der Waals surface area contributed by atoms with Gasteiger partial charge in [-0.05, 0) is 12.3 Å². The minimum atomic E-state index is 0.890. The minimum absolute atomic E-state index is 0.890. The quantitative estimate of drug-likeness (QED) is 0.221. The summed E-state index contributed by atoms with van der Waals surface area (Å²) >= 11 is 0. The van der Waals surface area contributed by atoms with Crippen molar-refractivity contribution in [3.05, 3.63) is 0 Å². The number of hydrogen-bond acceptors (Lipinski definition) is 2. The molecule has 0 aliphatic carbocycles. The van der Waals surface area contributed by atoms with Crippen molar-refractivity contribution in [1.29, 1.82) is 0 Å². The smallest absolute Gasteiger partial charge is 0.00974 e. The first kappa shape index (κ1) is 19.9. The normalized spacial score (nSPS) is 11.4. The lowest BCUT2D eigenvalue weighted by Crippen LogP contribution is -2.22. The van der Waals surface area contributed by atoms with Gasteiger partial charge in [-0.2, -0.15) is 0 Å². The molecule has 3 N–H and O–H groups in total. The Bertz CT molecular complexity index is 169. The van der Waals surface area contributed by atoms with Crippen LogP contribution in [-0.4, -0.2) is 6.54 Å². The first-order valence-corrected chi connectivity index (χ1v) is 9.21. The number of hydrogen-bond donors (Lipinski definition) is 2. The fourth-order valence-corrected chi connectivity index (χ4v) is 2.72. The standard InChI is InChI=1S/C18H40N2/c1-18(2)16-14-12-10-8-6-4-3-5-7-9-11-13-15-17-20-19/h18,20H,3-17,19H2,1-2H3. The Morgan fingerprint density at radius 2 is 0.950 bits per heavy atom. The molecular formula is C18H40N2. The molecular weight excluding hydrogens is 244 g/mol. The summed E-state index contributed by atoms with van der Waals surface area (Å²) in [6.07, 6.45) is 19.9. The molecule has 0 amide bonds. The molecule has 0 atom stereocenters. The van der Waals surface area contributed by atoms with E-state index in [0.29, 0.717) is 0 Å². The van der Waals surface area contributed by atoms with Crippen LogP contribution >= 0.6 is 0 Å². The molecule has 0 bridgehead atoms. The highest BCUT2D eigenvalue weighted by molar-refractivity contribution is 4.51. The summed E-state index contributed by atoms with van der Waals surface area (Å²) in [5.41, 5.74) is 2.72. The zero-order valence-electron chi connectivity index (χ0n) is 14.3. The Balaban J connectivity index is 2.92. The lowest BCUT2D eigenvalue weighted by atomic mass is 10.0. The molecule has 122 valence electrons. The fraction of sp³-hybridized carbons (Fsp3) is 1.00. The summed E-state index contributed by atoms with van der Waals surface area (Å²) < 4.78 is 0. The minimum Gasteiger partial charge on any atom is -0.271 e. The summed E-state index contributed by atoms with van der Waals surface area (Å²) in [7, 11) is 0. The van der Waals surface area contributed by atoms with Gasteiger partial charge >= 0.3 is 0 Å². The molecule has 2 nitrogen and oxygen atoms in total. The fourth-order valence-electron chi connectivity index (χ4n) is 2.72. The molecule has 0 saturated heterocycles. The van der Waals surface area contributed by atoms with Crippen molar-refractivity contribution < 1.29 is 0 Å². The van der Waals surface area contributed by atoms with Crippen LogP contribution in [0.2, 0.25) is 0 Å². The predicted molar refractivity (Wildman–Crippen MR) is 91.7 cm³/mol. The van der Waals surface area contributed by atoms with Gasteiger partial charge in [0.2, 0.25) is 0 Å². The molecule has 0 heterocycles. The van der Waals surface area contributed by atoms with Gasteiger partial charge in [0.1, 0.15) is 0 Å². The molecule has 0 saturated carbocycles. The average Bonchev–Trinajstić information content (AvgIpc) is 2.43. The Kier molecular flexibility index (Phi) is 16.9. The monoisotopic (exact) mass is 284 g/mol. The van der Waals surface area contributed by atoms with Gasteiger partial charge in [-0.15, -0.1) is 0 Å². The van der Waals surface area contributed by atoms with Crippen molar-refractivity contribution in [2.24, 2.45) is 11.8 Å². The van der Waals surface area contributed by atoms with Gasteiger partial charge in [0.15, 0.2) is 0 Å². The third-order valence-electron chi connectivity index (χ3n) is 4.10. The van der Waals surface area contributed by atoms with E-state index < -0.39 is 0 Å². The highest BCUT2D eigenvalue weighted by Crippen LogP contribution is 2.14. The second-order valence-corrected chi connectivity index (χ2v) is 6.73.